The number of hydrogen-bond acceptors (Lipinski definition) is 6. The molecule has 1 fully saturated rings. The van der Waals surface area contributed by atoms with E-state index in [9.17, 15) is 9.18 Å². The minimum atomic E-state index is -0.662. The monoisotopic (exact) mass is 548 g/mol. The van der Waals surface area contributed by atoms with Gasteiger partial charge in [-0.15, -0.1) is 0 Å². The summed E-state index contributed by atoms with van der Waals surface area (Å²) in [5.41, 5.74) is 8.05. The maximum atomic E-state index is 14.0. The average Bonchev–Trinajstić information content (AvgIpc) is 3.33. The Labute approximate surface area is 225 Å². The van der Waals surface area contributed by atoms with Gasteiger partial charge in [0.05, 0.1) is 23.8 Å². The van der Waals surface area contributed by atoms with Crippen LogP contribution >= 0.6 is 23.2 Å². The molecular formula is C26H31Cl2FN6O2. The molecule has 0 spiro atoms. The third-order valence-electron chi connectivity index (χ3n) is 6.35. The Morgan fingerprint density at radius 2 is 1.95 bits per heavy atom. The fourth-order valence-electron chi connectivity index (χ4n) is 4.47. The molecule has 0 bridgehead atoms. The maximum absolute atomic E-state index is 14.0. The number of nitrogens with two attached hydrogens (primary N) is 1. The Morgan fingerprint density at radius 3 is 2.65 bits per heavy atom. The highest BCUT2D eigenvalue weighted by Crippen LogP contribution is 2.37. The van der Waals surface area contributed by atoms with Crippen molar-refractivity contribution in [3.05, 3.63) is 58.2 Å². The number of aromatic nitrogens is 3. The first-order valence-electron chi connectivity index (χ1n) is 12.2. The van der Waals surface area contributed by atoms with Crippen LogP contribution in [0.3, 0.4) is 0 Å². The predicted octanol–water partition coefficient (Wildman–Crippen LogP) is 5.27. The van der Waals surface area contributed by atoms with Gasteiger partial charge in [0.1, 0.15) is 11.9 Å². The third kappa shape index (κ3) is 6.52. The molecule has 0 saturated carbocycles. The summed E-state index contributed by atoms with van der Waals surface area (Å²) in [7, 11) is 0. The van der Waals surface area contributed by atoms with E-state index in [1.54, 1.807) is 25.4 Å². The fraction of sp³-hybridized carbons (Fsp3) is 0.423. The van der Waals surface area contributed by atoms with Crippen molar-refractivity contribution in [2.45, 2.75) is 51.8 Å². The second kappa shape index (κ2) is 11.7. The SMILES string of the molecule is CC(C)NC(=O)CN1CCC(n2cc(-c3cnc(N)c(O[C@H](C)c4c(Cl)ccc(F)c4Cl)c3)cn2)CC1. The molecule has 3 heterocycles. The Bertz CT molecular complexity index is 1260. The van der Waals surface area contributed by atoms with Gasteiger partial charge in [0, 0.05) is 53.2 Å². The normalized spacial score (nSPS) is 15.6. The predicted molar refractivity (Wildman–Crippen MR) is 143 cm³/mol. The molecule has 1 aliphatic heterocycles. The number of amides is 1. The van der Waals surface area contributed by atoms with E-state index in [-0.39, 0.29) is 28.8 Å². The lowest BCUT2D eigenvalue weighted by molar-refractivity contribution is -0.123. The molecule has 3 N–H and O–H groups in total. The van der Waals surface area contributed by atoms with Gasteiger partial charge < -0.3 is 15.8 Å². The van der Waals surface area contributed by atoms with Crippen LogP contribution in [0.1, 0.15) is 51.3 Å². The van der Waals surface area contributed by atoms with Crippen LogP contribution in [0.5, 0.6) is 5.75 Å². The number of piperidine rings is 1. The lowest BCUT2D eigenvalue weighted by Gasteiger charge is -2.31. The van der Waals surface area contributed by atoms with E-state index in [0.29, 0.717) is 22.9 Å². The van der Waals surface area contributed by atoms with Gasteiger partial charge >= 0.3 is 0 Å². The van der Waals surface area contributed by atoms with Crippen LogP contribution in [0.25, 0.3) is 11.1 Å². The molecular weight excluding hydrogens is 518 g/mol. The van der Waals surface area contributed by atoms with E-state index in [1.165, 1.54) is 12.1 Å². The minimum absolute atomic E-state index is 0.0555. The van der Waals surface area contributed by atoms with Crippen molar-refractivity contribution < 1.29 is 13.9 Å². The lowest BCUT2D eigenvalue weighted by atomic mass is 10.1. The van der Waals surface area contributed by atoms with E-state index in [2.05, 4.69) is 20.3 Å². The molecule has 1 atom stereocenters. The molecule has 1 amide bonds. The van der Waals surface area contributed by atoms with Crippen molar-refractivity contribution in [2.24, 2.45) is 0 Å². The average molecular weight is 549 g/mol. The van der Waals surface area contributed by atoms with E-state index >= 15 is 0 Å². The van der Waals surface area contributed by atoms with Gasteiger partial charge in [-0.25, -0.2) is 9.37 Å². The summed E-state index contributed by atoms with van der Waals surface area (Å²) < 4.78 is 22.0. The number of nitrogens with one attached hydrogen (secondary N) is 1. The van der Waals surface area contributed by atoms with Crippen molar-refractivity contribution in [1.82, 2.24) is 25.0 Å². The van der Waals surface area contributed by atoms with E-state index < -0.39 is 11.9 Å². The third-order valence-corrected chi connectivity index (χ3v) is 7.07. The summed E-state index contributed by atoms with van der Waals surface area (Å²) in [6, 6.07) is 4.81. The van der Waals surface area contributed by atoms with Crippen molar-refractivity contribution >= 4 is 34.9 Å². The molecule has 198 valence electrons. The summed E-state index contributed by atoms with van der Waals surface area (Å²) in [6.07, 6.45) is 6.56. The molecule has 4 rings (SSSR count). The van der Waals surface area contributed by atoms with Crippen LogP contribution < -0.4 is 15.8 Å². The van der Waals surface area contributed by atoms with Crippen LogP contribution in [0.2, 0.25) is 10.0 Å². The number of halogens is 3. The van der Waals surface area contributed by atoms with Crippen LogP contribution in [-0.2, 0) is 4.79 Å². The van der Waals surface area contributed by atoms with Crippen molar-refractivity contribution in [1.29, 1.82) is 0 Å². The number of carbonyl (C=O) groups excluding carboxylic acids is 1. The number of rotatable bonds is 8. The second-order valence-corrected chi connectivity index (χ2v) is 10.3. The Hall–Kier alpha value is -2.88. The van der Waals surface area contributed by atoms with Crippen LogP contribution in [0.15, 0.2) is 36.8 Å². The molecule has 3 aromatic rings. The summed E-state index contributed by atoms with van der Waals surface area (Å²) in [5, 5.41) is 7.73. The fourth-order valence-corrected chi connectivity index (χ4v) is 5.15. The Balaban J connectivity index is 1.43. The topological polar surface area (TPSA) is 98.3 Å². The quantitative estimate of drug-likeness (QED) is 0.372. The molecule has 11 heteroatoms. The first kappa shape index (κ1) is 27.2. The molecule has 1 aromatic carbocycles. The smallest absolute Gasteiger partial charge is 0.234 e. The minimum Gasteiger partial charge on any atom is -0.482 e. The van der Waals surface area contributed by atoms with Gasteiger partial charge in [0.2, 0.25) is 5.91 Å². The number of anilines is 1. The summed E-state index contributed by atoms with van der Waals surface area (Å²) in [5.74, 6) is 0.0102. The van der Waals surface area contributed by atoms with E-state index in [1.807, 2.05) is 24.7 Å². The molecule has 0 unspecified atom stereocenters. The van der Waals surface area contributed by atoms with Gasteiger partial charge in [-0.1, -0.05) is 23.2 Å². The van der Waals surface area contributed by atoms with Crippen molar-refractivity contribution in [2.75, 3.05) is 25.4 Å². The number of ether oxygens (including phenoxy) is 1. The molecule has 8 nitrogen and oxygen atoms in total. The summed E-state index contributed by atoms with van der Waals surface area (Å²) >= 11 is 12.4. The first-order chi connectivity index (χ1) is 17.6. The van der Waals surface area contributed by atoms with E-state index in [0.717, 1.165) is 37.1 Å². The van der Waals surface area contributed by atoms with Crippen LogP contribution in [-0.4, -0.2) is 51.2 Å². The molecule has 1 saturated heterocycles. The molecule has 1 aliphatic rings. The zero-order chi connectivity index (χ0) is 26.7. The number of carbonyl (C=O) groups is 1. The highest BCUT2D eigenvalue weighted by molar-refractivity contribution is 6.36. The van der Waals surface area contributed by atoms with Gasteiger partial charge in [-0.05, 0) is 51.8 Å². The first-order valence-corrected chi connectivity index (χ1v) is 13.0. The number of hydrogen-bond donors (Lipinski definition) is 2. The van der Waals surface area contributed by atoms with Crippen LogP contribution in [0, 0.1) is 5.82 Å². The van der Waals surface area contributed by atoms with Gasteiger partial charge in [-0.2, -0.15) is 5.10 Å². The standard InChI is InChI=1S/C26H31Cl2FN6O2/c1-15(2)33-23(36)14-34-8-6-19(7-9-34)35-13-18(12-32-35)17-10-22(26(30)31-11-17)37-16(3)24-20(27)4-5-21(29)25(24)28/h4-5,10-13,15-16,19H,6-9,14H2,1-3H3,(H2,30,31)(H,33,36)/t16-/m1/s1. The second-order valence-electron chi connectivity index (χ2n) is 9.56. The lowest BCUT2D eigenvalue weighted by Crippen LogP contribution is -2.43. The summed E-state index contributed by atoms with van der Waals surface area (Å²) in [6.45, 7) is 7.71. The maximum Gasteiger partial charge on any atom is 0.234 e. The summed E-state index contributed by atoms with van der Waals surface area (Å²) in [4.78, 5) is 18.5. The molecule has 37 heavy (non-hydrogen) atoms. The van der Waals surface area contributed by atoms with Crippen LogP contribution in [0.4, 0.5) is 10.2 Å². The zero-order valence-electron chi connectivity index (χ0n) is 21.0. The zero-order valence-corrected chi connectivity index (χ0v) is 22.6. The van der Waals surface area contributed by atoms with Crippen molar-refractivity contribution in [3.8, 4) is 16.9 Å². The number of nitrogens with zero attached hydrogens (tertiary/aromatic N) is 4. The number of nitrogen functional groups attached to an aromatic ring is 1. The van der Waals surface area contributed by atoms with Gasteiger partial charge in [0.25, 0.3) is 0 Å². The van der Waals surface area contributed by atoms with Gasteiger partial charge in [-0.3, -0.25) is 14.4 Å². The Morgan fingerprint density at radius 1 is 1.22 bits per heavy atom. The van der Waals surface area contributed by atoms with Crippen molar-refractivity contribution in [3.63, 3.8) is 0 Å². The number of pyridine rings is 1. The number of likely N-dealkylation sites (tertiary alicyclic amines) is 1. The molecule has 2 aromatic heterocycles. The molecule has 0 aliphatic carbocycles. The number of benzene rings is 1. The Kier molecular flexibility index (Phi) is 8.56. The largest absolute Gasteiger partial charge is 0.482 e. The van der Waals surface area contributed by atoms with Gasteiger partial charge in [0.15, 0.2) is 11.6 Å². The highest BCUT2D eigenvalue weighted by atomic mass is 35.5. The van der Waals surface area contributed by atoms with E-state index in [4.69, 9.17) is 33.7 Å². The molecule has 0 radical (unpaired) electrons. The highest BCUT2D eigenvalue weighted by Gasteiger charge is 2.24.